The van der Waals surface area contributed by atoms with Crippen molar-refractivity contribution in [1.82, 2.24) is 14.6 Å². The predicted molar refractivity (Wildman–Crippen MR) is 64.4 cm³/mol. The normalized spacial score (nSPS) is 12.3. The van der Waals surface area contributed by atoms with Gasteiger partial charge < -0.3 is 0 Å². The molecule has 74 valence electrons. The van der Waals surface area contributed by atoms with Crippen LogP contribution in [0.2, 0.25) is 0 Å². The first kappa shape index (κ1) is 9.89. The summed E-state index contributed by atoms with van der Waals surface area (Å²) in [5, 5.41) is 4.45. The Hall–Kier alpha value is -0.650. The molecule has 0 unspecified atom stereocenters. The Morgan fingerprint density at radius 2 is 2.00 bits per heavy atom. The van der Waals surface area contributed by atoms with Gasteiger partial charge in [0.25, 0.3) is 0 Å². The van der Waals surface area contributed by atoms with Crippen molar-refractivity contribution < 1.29 is 0 Å². The van der Waals surface area contributed by atoms with E-state index < -0.39 is 0 Å². The second kappa shape index (κ2) is 3.18. The third kappa shape index (κ3) is 1.75. The van der Waals surface area contributed by atoms with E-state index in [-0.39, 0.29) is 5.41 Å². The van der Waals surface area contributed by atoms with Crippen LogP contribution in [0.25, 0.3) is 5.65 Å². The molecule has 0 saturated carbocycles. The maximum absolute atomic E-state index is 4.47. The van der Waals surface area contributed by atoms with Crippen LogP contribution in [-0.2, 0) is 5.41 Å². The zero-order valence-corrected chi connectivity index (χ0v) is 10.6. The molecule has 2 aromatic heterocycles. The van der Waals surface area contributed by atoms with Crippen LogP contribution in [0.1, 0.15) is 26.6 Å². The predicted octanol–water partition coefficient (Wildman–Crippen LogP) is 2.63. The van der Waals surface area contributed by atoms with Gasteiger partial charge in [0, 0.05) is 15.2 Å². The number of aromatic nitrogens is 3. The molecule has 14 heavy (non-hydrogen) atoms. The third-order valence-electron chi connectivity index (χ3n) is 1.97. The van der Waals surface area contributed by atoms with Crippen molar-refractivity contribution in [3.8, 4) is 0 Å². The molecule has 2 heterocycles. The van der Waals surface area contributed by atoms with Gasteiger partial charge in [-0.3, -0.25) is 0 Å². The lowest BCUT2D eigenvalue weighted by molar-refractivity contribution is 0.545. The van der Waals surface area contributed by atoms with Gasteiger partial charge >= 0.3 is 0 Å². The summed E-state index contributed by atoms with van der Waals surface area (Å²) in [7, 11) is 0. The van der Waals surface area contributed by atoms with Gasteiger partial charge in [-0.25, -0.2) is 9.50 Å². The number of hydrogen-bond acceptors (Lipinski definition) is 2. The second-order valence-electron chi connectivity index (χ2n) is 4.34. The molecule has 0 aliphatic carbocycles. The molecule has 0 bridgehead atoms. The molecule has 0 atom stereocenters. The monoisotopic (exact) mass is 301 g/mol. The highest BCUT2D eigenvalue weighted by atomic mass is 127. The molecule has 0 aliphatic heterocycles. The smallest absolute Gasteiger partial charge is 0.157 e. The van der Waals surface area contributed by atoms with Crippen molar-refractivity contribution in [1.29, 1.82) is 0 Å². The van der Waals surface area contributed by atoms with E-state index in [9.17, 15) is 0 Å². The van der Waals surface area contributed by atoms with E-state index >= 15 is 0 Å². The first-order valence-corrected chi connectivity index (χ1v) is 5.57. The summed E-state index contributed by atoms with van der Waals surface area (Å²) in [6.45, 7) is 6.35. The van der Waals surface area contributed by atoms with E-state index in [1.54, 1.807) is 0 Å². The fourth-order valence-corrected chi connectivity index (χ4v) is 1.62. The summed E-state index contributed by atoms with van der Waals surface area (Å²) in [5.74, 6) is 0.888. The Morgan fingerprint density at radius 3 is 2.64 bits per heavy atom. The Balaban J connectivity index is 2.63. The van der Waals surface area contributed by atoms with Gasteiger partial charge in [0.05, 0.1) is 0 Å². The Kier molecular flexibility index (Phi) is 2.25. The summed E-state index contributed by atoms with van der Waals surface area (Å²) in [6.07, 6.45) is 1.98. The summed E-state index contributed by atoms with van der Waals surface area (Å²) in [6, 6.07) is 4.03. The zero-order valence-electron chi connectivity index (χ0n) is 8.45. The molecule has 0 radical (unpaired) electrons. The first-order valence-electron chi connectivity index (χ1n) is 4.49. The molecule has 0 saturated heterocycles. The van der Waals surface area contributed by atoms with Crippen LogP contribution in [0.5, 0.6) is 0 Å². The van der Waals surface area contributed by atoms with Crippen LogP contribution < -0.4 is 0 Å². The summed E-state index contributed by atoms with van der Waals surface area (Å²) < 4.78 is 3.00. The molecule has 2 aromatic rings. The van der Waals surface area contributed by atoms with Crippen molar-refractivity contribution >= 4 is 28.2 Å². The van der Waals surface area contributed by atoms with Gasteiger partial charge in [-0.05, 0) is 34.7 Å². The maximum Gasteiger partial charge on any atom is 0.157 e. The Bertz CT molecular complexity index is 468. The molecular formula is C10H12IN3. The van der Waals surface area contributed by atoms with Gasteiger partial charge in [0.1, 0.15) is 0 Å². The number of hydrogen-bond donors (Lipinski definition) is 0. The molecule has 0 aromatic carbocycles. The van der Waals surface area contributed by atoms with Crippen molar-refractivity contribution in [3.63, 3.8) is 0 Å². The van der Waals surface area contributed by atoms with Crippen molar-refractivity contribution in [2.24, 2.45) is 0 Å². The largest absolute Gasteiger partial charge is 0.220 e. The van der Waals surface area contributed by atoms with E-state index in [2.05, 4.69) is 53.4 Å². The highest BCUT2D eigenvalue weighted by Crippen LogP contribution is 2.19. The molecule has 0 spiro atoms. The number of rotatable bonds is 0. The van der Waals surface area contributed by atoms with Crippen LogP contribution in [0.15, 0.2) is 18.3 Å². The summed E-state index contributed by atoms with van der Waals surface area (Å²) in [5.41, 5.74) is 0.924. The highest BCUT2D eigenvalue weighted by molar-refractivity contribution is 14.1. The fourth-order valence-electron chi connectivity index (χ4n) is 1.18. The van der Waals surface area contributed by atoms with Crippen molar-refractivity contribution in [3.05, 3.63) is 27.7 Å². The SMILES string of the molecule is CC(C)(C)c1nc2ccc(I)cn2n1. The van der Waals surface area contributed by atoms with Crippen molar-refractivity contribution in [2.45, 2.75) is 26.2 Å². The fraction of sp³-hybridized carbons (Fsp3) is 0.400. The Morgan fingerprint density at radius 1 is 1.29 bits per heavy atom. The Labute approximate surface area is 96.7 Å². The summed E-state index contributed by atoms with van der Waals surface area (Å²) >= 11 is 2.27. The molecule has 0 aliphatic rings. The van der Waals surface area contributed by atoms with Gasteiger partial charge in [0.15, 0.2) is 11.5 Å². The van der Waals surface area contributed by atoms with Gasteiger partial charge in [-0.15, -0.1) is 0 Å². The van der Waals surface area contributed by atoms with Crippen molar-refractivity contribution in [2.75, 3.05) is 0 Å². The van der Waals surface area contributed by atoms with Crippen LogP contribution in [-0.4, -0.2) is 14.6 Å². The molecule has 0 amide bonds. The molecular weight excluding hydrogens is 289 g/mol. The molecule has 2 rings (SSSR count). The second-order valence-corrected chi connectivity index (χ2v) is 5.58. The van der Waals surface area contributed by atoms with Gasteiger partial charge in [-0.2, -0.15) is 5.10 Å². The van der Waals surface area contributed by atoms with Crippen LogP contribution >= 0.6 is 22.6 Å². The van der Waals surface area contributed by atoms with E-state index in [4.69, 9.17) is 0 Å². The van der Waals surface area contributed by atoms with E-state index in [1.807, 2.05) is 22.8 Å². The number of halogens is 1. The van der Waals surface area contributed by atoms with Crippen LogP contribution in [0, 0.1) is 3.57 Å². The van der Waals surface area contributed by atoms with Crippen LogP contribution in [0.4, 0.5) is 0 Å². The number of pyridine rings is 1. The first-order chi connectivity index (χ1) is 6.47. The standard InChI is InChI=1S/C10H12IN3/c1-10(2,3)9-12-8-5-4-7(11)6-14(8)13-9/h4-6H,1-3H3. The van der Waals surface area contributed by atoms with Gasteiger partial charge in [0.2, 0.25) is 0 Å². The minimum atomic E-state index is 0.0114. The van der Waals surface area contributed by atoms with E-state index in [0.717, 1.165) is 11.5 Å². The zero-order chi connectivity index (χ0) is 10.3. The maximum atomic E-state index is 4.47. The van der Waals surface area contributed by atoms with E-state index in [1.165, 1.54) is 3.57 Å². The lowest BCUT2D eigenvalue weighted by atomic mass is 9.96. The number of fused-ring (bicyclic) bond motifs is 1. The quantitative estimate of drug-likeness (QED) is 0.700. The van der Waals surface area contributed by atoms with Gasteiger partial charge in [-0.1, -0.05) is 20.8 Å². The molecule has 3 nitrogen and oxygen atoms in total. The minimum Gasteiger partial charge on any atom is -0.220 e. The highest BCUT2D eigenvalue weighted by Gasteiger charge is 2.19. The molecule has 4 heteroatoms. The summed E-state index contributed by atoms with van der Waals surface area (Å²) in [4.78, 5) is 4.47. The minimum absolute atomic E-state index is 0.0114. The van der Waals surface area contributed by atoms with Crippen LogP contribution in [0.3, 0.4) is 0 Å². The molecule has 0 N–H and O–H groups in total. The average molecular weight is 301 g/mol. The number of nitrogens with zero attached hydrogens (tertiary/aromatic N) is 3. The lowest BCUT2D eigenvalue weighted by Crippen LogP contribution is -2.13. The third-order valence-corrected chi connectivity index (χ3v) is 2.60. The topological polar surface area (TPSA) is 30.2 Å². The van der Waals surface area contributed by atoms with E-state index in [0.29, 0.717) is 0 Å². The average Bonchev–Trinajstić information content (AvgIpc) is 2.45. The lowest BCUT2D eigenvalue weighted by Gasteiger charge is -2.11. The molecule has 0 fully saturated rings.